The van der Waals surface area contributed by atoms with Gasteiger partial charge in [0.25, 0.3) is 0 Å². The van der Waals surface area contributed by atoms with E-state index in [1.165, 1.54) is 17.5 Å². The number of nitrogens with zero attached hydrogens (tertiary/aromatic N) is 1. The van der Waals surface area contributed by atoms with E-state index in [1.54, 1.807) is 0 Å². The van der Waals surface area contributed by atoms with Crippen LogP contribution in [-0.2, 0) is 11.2 Å². The maximum Gasteiger partial charge on any atom is 0.222 e. The highest BCUT2D eigenvalue weighted by Gasteiger charge is 2.25. The fourth-order valence-corrected chi connectivity index (χ4v) is 3.16. The predicted octanol–water partition coefficient (Wildman–Crippen LogP) is 3.05. The summed E-state index contributed by atoms with van der Waals surface area (Å²) >= 11 is 0. The standard InChI is InChI=1S/C18H28N2O/c1-15-8-10-16(11-9-15)5-4-7-18(21)20-14-3-2-6-17(20)12-13-19/h8-11,17H,2-7,12-14,19H2,1H3. The Labute approximate surface area is 128 Å². The molecule has 1 aromatic carbocycles. The van der Waals surface area contributed by atoms with Crippen molar-refractivity contribution < 1.29 is 4.79 Å². The minimum atomic E-state index is 0.320. The topological polar surface area (TPSA) is 46.3 Å². The number of carbonyl (C=O) groups is 1. The zero-order valence-corrected chi connectivity index (χ0v) is 13.2. The summed E-state index contributed by atoms with van der Waals surface area (Å²) in [5, 5.41) is 0. The second-order valence-corrected chi connectivity index (χ2v) is 6.15. The number of nitrogens with two attached hydrogens (primary N) is 1. The third kappa shape index (κ3) is 4.85. The highest BCUT2D eigenvalue weighted by Crippen LogP contribution is 2.20. The van der Waals surface area contributed by atoms with Crippen LogP contribution >= 0.6 is 0 Å². The molecule has 1 atom stereocenters. The van der Waals surface area contributed by atoms with Gasteiger partial charge in [0.15, 0.2) is 0 Å². The summed E-state index contributed by atoms with van der Waals surface area (Å²) in [5.41, 5.74) is 8.28. The highest BCUT2D eigenvalue weighted by molar-refractivity contribution is 5.76. The molecule has 1 unspecified atom stereocenters. The molecule has 0 radical (unpaired) electrons. The molecular formula is C18H28N2O. The minimum Gasteiger partial charge on any atom is -0.340 e. The van der Waals surface area contributed by atoms with Gasteiger partial charge in [-0.15, -0.1) is 0 Å². The summed E-state index contributed by atoms with van der Waals surface area (Å²) in [7, 11) is 0. The molecule has 3 nitrogen and oxygen atoms in total. The largest absolute Gasteiger partial charge is 0.340 e. The molecular weight excluding hydrogens is 260 g/mol. The van der Waals surface area contributed by atoms with Gasteiger partial charge in [-0.2, -0.15) is 0 Å². The number of likely N-dealkylation sites (tertiary alicyclic amines) is 1. The van der Waals surface area contributed by atoms with Crippen molar-refractivity contribution >= 4 is 5.91 Å². The second-order valence-electron chi connectivity index (χ2n) is 6.15. The van der Waals surface area contributed by atoms with Crippen LogP contribution in [-0.4, -0.2) is 29.9 Å². The molecule has 116 valence electrons. The lowest BCUT2D eigenvalue weighted by Gasteiger charge is -2.35. The number of piperidine rings is 1. The zero-order chi connectivity index (χ0) is 15.1. The zero-order valence-electron chi connectivity index (χ0n) is 13.2. The molecule has 0 bridgehead atoms. The smallest absolute Gasteiger partial charge is 0.222 e. The number of aryl methyl sites for hydroxylation is 2. The fraction of sp³-hybridized carbons (Fsp3) is 0.611. The van der Waals surface area contributed by atoms with Gasteiger partial charge in [-0.1, -0.05) is 29.8 Å². The Balaban J connectivity index is 1.78. The first-order chi connectivity index (χ1) is 10.2. The Morgan fingerprint density at radius 1 is 1.29 bits per heavy atom. The van der Waals surface area contributed by atoms with Gasteiger partial charge < -0.3 is 10.6 Å². The van der Waals surface area contributed by atoms with Crippen molar-refractivity contribution in [3.05, 3.63) is 35.4 Å². The van der Waals surface area contributed by atoms with Crippen LogP contribution in [0.5, 0.6) is 0 Å². The lowest BCUT2D eigenvalue weighted by atomic mass is 9.98. The SMILES string of the molecule is Cc1ccc(CCCC(=O)N2CCCCC2CCN)cc1. The van der Waals surface area contributed by atoms with Crippen LogP contribution < -0.4 is 5.73 Å². The summed E-state index contributed by atoms with van der Waals surface area (Å²) in [4.78, 5) is 14.5. The molecule has 2 N–H and O–H groups in total. The highest BCUT2D eigenvalue weighted by atomic mass is 16.2. The van der Waals surface area contributed by atoms with E-state index in [0.717, 1.165) is 38.6 Å². The number of carbonyl (C=O) groups excluding carboxylic acids is 1. The summed E-state index contributed by atoms with van der Waals surface area (Å²) in [6, 6.07) is 8.99. The van der Waals surface area contributed by atoms with Crippen molar-refractivity contribution in [3.63, 3.8) is 0 Å². The van der Waals surface area contributed by atoms with Gasteiger partial charge in [-0.3, -0.25) is 4.79 Å². The first-order valence-corrected chi connectivity index (χ1v) is 8.26. The third-order valence-electron chi connectivity index (χ3n) is 4.42. The van der Waals surface area contributed by atoms with Gasteiger partial charge in [-0.25, -0.2) is 0 Å². The molecule has 21 heavy (non-hydrogen) atoms. The van der Waals surface area contributed by atoms with Gasteiger partial charge in [0.05, 0.1) is 0 Å². The normalized spacial score (nSPS) is 18.8. The molecule has 0 spiro atoms. The molecule has 0 aliphatic carbocycles. The van der Waals surface area contributed by atoms with Crippen molar-refractivity contribution in [1.82, 2.24) is 4.90 Å². The third-order valence-corrected chi connectivity index (χ3v) is 4.42. The number of rotatable bonds is 6. The van der Waals surface area contributed by atoms with E-state index in [-0.39, 0.29) is 0 Å². The molecule has 1 heterocycles. The van der Waals surface area contributed by atoms with E-state index in [0.29, 0.717) is 24.9 Å². The molecule has 1 aromatic rings. The van der Waals surface area contributed by atoms with Crippen molar-refractivity contribution in [2.75, 3.05) is 13.1 Å². The van der Waals surface area contributed by atoms with Gasteiger partial charge in [0, 0.05) is 19.0 Å². The molecule has 2 rings (SSSR count). The monoisotopic (exact) mass is 288 g/mol. The molecule has 1 amide bonds. The lowest BCUT2D eigenvalue weighted by Crippen LogP contribution is -2.44. The Morgan fingerprint density at radius 3 is 2.76 bits per heavy atom. The number of hydrogen-bond donors (Lipinski definition) is 1. The van der Waals surface area contributed by atoms with Crippen LogP contribution in [0, 0.1) is 6.92 Å². The van der Waals surface area contributed by atoms with Crippen molar-refractivity contribution in [2.24, 2.45) is 5.73 Å². The van der Waals surface area contributed by atoms with Crippen LogP contribution in [0.4, 0.5) is 0 Å². The van der Waals surface area contributed by atoms with E-state index >= 15 is 0 Å². The predicted molar refractivity (Wildman–Crippen MR) is 87.1 cm³/mol. The molecule has 0 aromatic heterocycles. The van der Waals surface area contributed by atoms with Crippen LogP contribution in [0.15, 0.2) is 24.3 Å². The minimum absolute atomic E-state index is 0.320. The second kappa shape index (κ2) is 8.18. The Bertz CT molecular complexity index is 439. The summed E-state index contributed by atoms with van der Waals surface area (Å²) in [6.45, 7) is 3.70. The van der Waals surface area contributed by atoms with Gasteiger partial charge in [0.2, 0.25) is 5.91 Å². The number of benzene rings is 1. The first-order valence-electron chi connectivity index (χ1n) is 8.26. The molecule has 1 saturated heterocycles. The first kappa shape index (κ1) is 16.0. The average Bonchev–Trinajstić information content (AvgIpc) is 2.50. The maximum absolute atomic E-state index is 12.4. The Kier molecular flexibility index (Phi) is 6.24. The molecule has 1 fully saturated rings. The van der Waals surface area contributed by atoms with Crippen molar-refractivity contribution in [2.45, 2.75) is 57.9 Å². The summed E-state index contributed by atoms with van der Waals surface area (Å²) in [5.74, 6) is 0.320. The lowest BCUT2D eigenvalue weighted by molar-refractivity contribution is -0.135. The van der Waals surface area contributed by atoms with Crippen LogP contribution in [0.3, 0.4) is 0 Å². The molecule has 0 saturated carbocycles. The van der Waals surface area contributed by atoms with E-state index in [1.807, 2.05) is 0 Å². The Morgan fingerprint density at radius 2 is 2.05 bits per heavy atom. The van der Waals surface area contributed by atoms with Crippen LogP contribution in [0.2, 0.25) is 0 Å². The molecule has 1 aliphatic rings. The van der Waals surface area contributed by atoms with Crippen LogP contribution in [0.25, 0.3) is 0 Å². The van der Waals surface area contributed by atoms with Gasteiger partial charge in [-0.05, 0) is 57.6 Å². The van der Waals surface area contributed by atoms with Crippen LogP contribution in [0.1, 0.15) is 49.7 Å². The Hall–Kier alpha value is -1.35. The van der Waals surface area contributed by atoms with Gasteiger partial charge in [0.1, 0.15) is 0 Å². The van der Waals surface area contributed by atoms with Crippen molar-refractivity contribution in [1.29, 1.82) is 0 Å². The van der Waals surface area contributed by atoms with Crippen molar-refractivity contribution in [3.8, 4) is 0 Å². The van der Waals surface area contributed by atoms with Gasteiger partial charge >= 0.3 is 0 Å². The quantitative estimate of drug-likeness (QED) is 0.874. The average molecular weight is 288 g/mol. The van der Waals surface area contributed by atoms with E-state index in [9.17, 15) is 4.79 Å². The van der Waals surface area contributed by atoms with E-state index in [2.05, 4.69) is 36.1 Å². The maximum atomic E-state index is 12.4. The molecule has 1 aliphatic heterocycles. The number of hydrogen-bond acceptors (Lipinski definition) is 2. The molecule has 3 heteroatoms. The summed E-state index contributed by atoms with van der Waals surface area (Å²) in [6.07, 6.45) is 7.04. The van der Waals surface area contributed by atoms with E-state index in [4.69, 9.17) is 5.73 Å². The van der Waals surface area contributed by atoms with E-state index < -0.39 is 0 Å². The summed E-state index contributed by atoms with van der Waals surface area (Å²) < 4.78 is 0. The number of amides is 1. The fourth-order valence-electron chi connectivity index (χ4n) is 3.16.